The maximum absolute atomic E-state index is 12.9. The monoisotopic (exact) mass is 381 g/mol. The van der Waals surface area contributed by atoms with Crippen molar-refractivity contribution in [3.63, 3.8) is 0 Å². The summed E-state index contributed by atoms with van der Waals surface area (Å²) in [5.74, 6) is 1.18. The van der Waals surface area contributed by atoms with Crippen LogP contribution >= 0.6 is 0 Å². The number of hydrogen-bond donors (Lipinski definition) is 1. The molecule has 0 bridgehead atoms. The third kappa shape index (κ3) is 4.50. The summed E-state index contributed by atoms with van der Waals surface area (Å²) in [6.07, 6.45) is 1.66. The van der Waals surface area contributed by atoms with Crippen molar-refractivity contribution in [3.8, 4) is 0 Å². The predicted molar refractivity (Wildman–Crippen MR) is 113 cm³/mol. The fraction of sp³-hybridized carbons (Fsp3) is 0.500. The molecule has 1 aliphatic rings. The molecule has 1 saturated heterocycles. The highest BCUT2D eigenvalue weighted by molar-refractivity contribution is 5.92. The Balaban J connectivity index is 1.87. The van der Waals surface area contributed by atoms with E-state index in [1.54, 1.807) is 12.3 Å². The van der Waals surface area contributed by atoms with E-state index in [1.165, 1.54) is 11.1 Å². The van der Waals surface area contributed by atoms with Gasteiger partial charge in [0.15, 0.2) is 0 Å². The van der Waals surface area contributed by atoms with Gasteiger partial charge in [-0.05, 0) is 36.1 Å². The summed E-state index contributed by atoms with van der Waals surface area (Å²) in [5, 5.41) is 3.41. The number of piperazine rings is 1. The molecule has 150 valence electrons. The van der Waals surface area contributed by atoms with Crippen molar-refractivity contribution in [2.45, 2.75) is 39.5 Å². The maximum Gasteiger partial charge on any atom is 0.272 e. The van der Waals surface area contributed by atoms with Crippen LogP contribution in [0.2, 0.25) is 0 Å². The van der Waals surface area contributed by atoms with Gasteiger partial charge in [-0.1, -0.05) is 45.9 Å². The lowest BCUT2D eigenvalue weighted by Gasteiger charge is -2.32. The Bertz CT molecular complexity index is 799. The minimum atomic E-state index is -0.0280. The highest BCUT2D eigenvalue weighted by Crippen LogP contribution is 2.33. The Morgan fingerprint density at radius 1 is 1.00 bits per heavy atom. The standard InChI is InChI=1S/C22H31N5O/c1-15(2)17-7-6-8-18(16(3)4)20(17)25-22-23-10-9-19(24-22)21(28)27-13-11-26(5)12-14-27/h6-10,15-16H,11-14H2,1-5H3,(H,23,24,25). The van der Waals surface area contributed by atoms with E-state index in [0.29, 0.717) is 23.5 Å². The fourth-order valence-electron chi connectivity index (χ4n) is 3.52. The van der Waals surface area contributed by atoms with Crippen LogP contribution in [0.4, 0.5) is 11.6 Å². The number of carbonyl (C=O) groups excluding carboxylic acids is 1. The molecule has 1 aromatic carbocycles. The van der Waals surface area contributed by atoms with Crippen molar-refractivity contribution in [1.82, 2.24) is 19.8 Å². The predicted octanol–water partition coefficient (Wildman–Crippen LogP) is 3.85. The molecule has 1 aliphatic heterocycles. The van der Waals surface area contributed by atoms with Crippen molar-refractivity contribution >= 4 is 17.5 Å². The van der Waals surface area contributed by atoms with E-state index in [0.717, 1.165) is 31.9 Å². The number of anilines is 2. The van der Waals surface area contributed by atoms with E-state index >= 15 is 0 Å². The molecule has 0 radical (unpaired) electrons. The first-order chi connectivity index (χ1) is 13.4. The number of aromatic nitrogens is 2. The molecule has 6 heteroatoms. The molecule has 0 unspecified atom stereocenters. The lowest BCUT2D eigenvalue weighted by Crippen LogP contribution is -2.47. The highest BCUT2D eigenvalue weighted by Gasteiger charge is 2.22. The second kappa shape index (κ2) is 8.69. The molecule has 1 fully saturated rings. The Morgan fingerprint density at radius 2 is 1.61 bits per heavy atom. The molecule has 0 aliphatic carbocycles. The van der Waals surface area contributed by atoms with Crippen molar-refractivity contribution in [2.75, 3.05) is 38.5 Å². The fourth-order valence-corrected chi connectivity index (χ4v) is 3.52. The normalized spacial score (nSPS) is 15.3. The van der Waals surface area contributed by atoms with Crippen LogP contribution in [0, 0.1) is 0 Å². The molecule has 6 nitrogen and oxygen atoms in total. The Hall–Kier alpha value is -2.47. The number of benzene rings is 1. The number of carbonyl (C=O) groups is 1. The number of nitrogens with one attached hydrogen (secondary N) is 1. The van der Waals surface area contributed by atoms with Crippen LogP contribution in [-0.2, 0) is 0 Å². The zero-order chi connectivity index (χ0) is 20.3. The van der Waals surface area contributed by atoms with Crippen molar-refractivity contribution in [3.05, 3.63) is 47.3 Å². The Kier molecular flexibility index (Phi) is 6.29. The molecule has 28 heavy (non-hydrogen) atoms. The molecular weight excluding hydrogens is 350 g/mol. The number of nitrogens with zero attached hydrogens (tertiary/aromatic N) is 4. The van der Waals surface area contributed by atoms with Gasteiger partial charge in [0.05, 0.1) is 0 Å². The average molecular weight is 382 g/mol. The van der Waals surface area contributed by atoms with Crippen molar-refractivity contribution in [1.29, 1.82) is 0 Å². The maximum atomic E-state index is 12.9. The molecule has 1 amide bonds. The summed E-state index contributed by atoms with van der Waals surface area (Å²) >= 11 is 0. The number of hydrogen-bond acceptors (Lipinski definition) is 5. The lowest BCUT2D eigenvalue weighted by atomic mass is 9.93. The van der Waals surface area contributed by atoms with Crippen molar-refractivity contribution < 1.29 is 4.79 Å². The van der Waals surface area contributed by atoms with E-state index in [1.807, 2.05) is 4.90 Å². The van der Waals surface area contributed by atoms with Gasteiger partial charge in [-0.3, -0.25) is 4.79 Å². The van der Waals surface area contributed by atoms with E-state index in [4.69, 9.17) is 0 Å². The number of rotatable bonds is 5. The largest absolute Gasteiger partial charge is 0.335 e. The van der Waals surface area contributed by atoms with Gasteiger partial charge in [-0.2, -0.15) is 0 Å². The van der Waals surface area contributed by atoms with Gasteiger partial charge in [0.1, 0.15) is 5.69 Å². The zero-order valence-electron chi connectivity index (χ0n) is 17.6. The van der Waals surface area contributed by atoms with Crippen LogP contribution in [0.25, 0.3) is 0 Å². The quantitative estimate of drug-likeness (QED) is 0.852. The smallest absolute Gasteiger partial charge is 0.272 e. The number of para-hydroxylation sites is 1. The SMILES string of the molecule is CC(C)c1cccc(C(C)C)c1Nc1nccc(C(=O)N2CCN(C)CC2)n1. The summed E-state index contributed by atoms with van der Waals surface area (Å²) in [4.78, 5) is 25.9. The van der Waals surface area contributed by atoms with Gasteiger partial charge in [-0.25, -0.2) is 9.97 Å². The van der Waals surface area contributed by atoms with Crippen LogP contribution in [-0.4, -0.2) is 58.9 Å². The summed E-state index contributed by atoms with van der Waals surface area (Å²) in [7, 11) is 2.08. The summed E-state index contributed by atoms with van der Waals surface area (Å²) in [6.45, 7) is 12.0. The van der Waals surface area contributed by atoms with Crippen LogP contribution in [0.3, 0.4) is 0 Å². The highest BCUT2D eigenvalue weighted by atomic mass is 16.2. The minimum absolute atomic E-state index is 0.0280. The molecule has 2 aromatic rings. The molecule has 0 atom stereocenters. The second-order valence-corrected chi connectivity index (χ2v) is 8.11. The number of amides is 1. The zero-order valence-corrected chi connectivity index (χ0v) is 17.6. The van der Waals surface area contributed by atoms with Crippen LogP contribution in [0.1, 0.15) is 61.1 Å². The van der Waals surface area contributed by atoms with Gasteiger partial charge in [0.2, 0.25) is 5.95 Å². The third-order valence-electron chi connectivity index (χ3n) is 5.27. The van der Waals surface area contributed by atoms with E-state index in [-0.39, 0.29) is 5.91 Å². The lowest BCUT2D eigenvalue weighted by molar-refractivity contribution is 0.0658. The number of likely N-dealkylation sites (N-methyl/N-ethyl adjacent to an activating group) is 1. The molecule has 0 saturated carbocycles. The summed E-state index contributed by atoms with van der Waals surface area (Å²) in [5.41, 5.74) is 3.95. The van der Waals surface area contributed by atoms with Crippen molar-refractivity contribution in [2.24, 2.45) is 0 Å². The topological polar surface area (TPSA) is 61.4 Å². The summed E-state index contributed by atoms with van der Waals surface area (Å²) in [6, 6.07) is 8.07. The molecular formula is C22H31N5O. The van der Waals surface area contributed by atoms with Crippen LogP contribution in [0.15, 0.2) is 30.5 Å². The first-order valence-electron chi connectivity index (χ1n) is 10.1. The van der Waals surface area contributed by atoms with Gasteiger partial charge < -0.3 is 15.1 Å². The molecule has 0 spiro atoms. The van der Waals surface area contributed by atoms with Crippen LogP contribution < -0.4 is 5.32 Å². The molecule has 3 rings (SSSR count). The van der Waals surface area contributed by atoms with Gasteiger partial charge in [0, 0.05) is 38.1 Å². The first kappa shape index (κ1) is 20.3. The first-order valence-corrected chi connectivity index (χ1v) is 10.1. The molecule has 2 heterocycles. The van der Waals surface area contributed by atoms with E-state index in [9.17, 15) is 4.79 Å². The average Bonchev–Trinajstić information content (AvgIpc) is 2.68. The third-order valence-corrected chi connectivity index (χ3v) is 5.27. The minimum Gasteiger partial charge on any atom is -0.335 e. The van der Waals surface area contributed by atoms with Gasteiger partial charge >= 0.3 is 0 Å². The van der Waals surface area contributed by atoms with E-state index in [2.05, 4.69) is 73.1 Å². The van der Waals surface area contributed by atoms with Crippen LogP contribution in [0.5, 0.6) is 0 Å². The molecule has 1 N–H and O–H groups in total. The Morgan fingerprint density at radius 3 is 2.18 bits per heavy atom. The Labute approximate surface area is 168 Å². The van der Waals surface area contributed by atoms with Gasteiger partial charge in [0.25, 0.3) is 5.91 Å². The van der Waals surface area contributed by atoms with E-state index < -0.39 is 0 Å². The molecule has 1 aromatic heterocycles. The second-order valence-electron chi connectivity index (χ2n) is 8.11. The van der Waals surface area contributed by atoms with Gasteiger partial charge in [-0.15, -0.1) is 0 Å². The summed E-state index contributed by atoms with van der Waals surface area (Å²) < 4.78 is 0.